The molecule has 0 saturated heterocycles. The highest BCUT2D eigenvalue weighted by molar-refractivity contribution is 5.60. The summed E-state index contributed by atoms with van der Waals surface area (Å²) in [4.78, 5) is 13.1. The lowest BCUT2D eigenvalue weighted by atomic mass is 10.1. The van der Waals surface area contributed by atoms with Crippen LogP contribution in [-0.2, 0) is 0 Å². The van der Waals surface area contributed by atoms with Crippen molar-refractivity contribution in [3.8, 4) is 28.5 Å². The predicted octanol–water partition coefficient (Wildman–Crippen LogP) is 3.79. The first-order chi connectivity index (χ1) is 14.3. The second-order valence-electron chi connectivity index (χ2n) is 6.53. The largest absolute Gasteiger partial charge is 0.337 e. The highest BCUT2D eigenvalue weighted by Crippen LogP contribution is 2.27. The smallest absolute Gasteiger partial charge is 0.249 e. The van der Waals surface area contributed by atoms with Gasteiger partial charge in [0, 0.05) is 48.3 Å². The molecule has 0 amide bonds. The summed E-state index contributed by atoms with van der Waals surface area (Å²) in [5, 5.41) is 8.41. The topological polar surface area (TPSA) is 87.5 Å². The minimum absolute atomic E-state index is 0.177. The Kier molecular flexibility index (Phi) is 4.21. The first kappa shape index (κ1) is 17.1. The number of nitrogens with zero attached hydrogens (tertiary/aromatic N) is 7. The number of hydrogen-bond donors (Lipinski definition) is 0. The van der Waals surface area contributed by atoms with Crippen molar-refractivity contribution in [2.45, 2.75) is 13.0 Å². The van der Waals surface area contributed by atoms with Gasteiger partial charge in [0.15, 0.2) is 0 Å². The zero-order valence-corrected chi connectivity index (χ0v) is 15.6. The molecule has 1 aromatic carbocycles. The molecule has 0 bridgehead atoms. The van der Waals surface area contributed by atoms with Crippen LogP contribution < -0.4 is 0 Å². The number of hydrogen-bond acceptors (Lipinski definition) is 6. The standard InChI is InChI=1S/C21H17N7O/c1-15(21-25-19(26-29-21)16-6-9-22-10-7-16)27-13-11-23-20(27)17-4-2-5-18(14-17)28-12-3-8-24-28/h2-15H,1H3/t15-/m0/s1. The Morgan fingerprint density at radius 1 is 0.931 bits per heavy atom. The molecule has 0 radical (unpaired) electrons. The molecule has 0 saturated carbocycles. The molecule has 1 atom stereocenters. The van der Waals surface area contributed by atoms with Gasteiger partial charge in [0.1, 0.15) is 11.9 Å². The van der Waals surface area contributed by atoms with Crippen LogP contribution >= 0.6 is 0 Å². The van der Waals surface area contributed by atoms with E-state index in [1.807, 2.05) is 65.0 Å². The van der Waals surface area contributed by atoms with Crippen LogP contribution in [0, 0.1) is 0 Å². The van der Waals surface area contributed by atoms with Crippen molar-refractivity contribution < 1.29 is 4.52 Å². The van der Waals surface area contributed by atoms with Crippen LogP contribution in [-0.4, -0.2) is 34.5 Å². The Bertz CT molecular complexity index is 1220. The Morgan fingerprint density at radius 3 is 2.66 bits per heavy atom. The molecule has 8 heteroatoms. The average Bonchev–Trinajstić information content (AvgIpc) is 3.55. The van der Waals surface area contributed by atoms with Gasteiger partial charge in [-0.3, -0.25) is 4.98 Å². The molecule has 0 unspecified atom stereocenters. The van der Waals surface area contributed by atoms with E-state index in [2.05, 4.69) is 31.3 Å². The third kappa shape index (κ3) is 3.20. The lowest BCUT2D eigenvalue weighted by molar-refractivity contribution is 0.346. The van der Waals surface area contributed by atoms with Crippen LogP contribution in [0.4, 0.5) is 0 Å². The van der Waals surface area contributed by atoms with Crippen molar-refractivity contribution in [3.63, 3.8) is 0 Å². The highest BCUT2D eigenvalue weighted by Gasteiger charge is 2.20. The molecule has 4 aromatic heterocycles. The maximum absolute atomic E-state index is 5.53. The van der Waals surface area contributed by atoms with Gasteiger partial charge in [0.2, 0.25) is 11.7 Å². The SMILES string of the molecule is C[C@@H](c1nc(-c2ccncc2)no1)n1ccnc1-c1cccc(-n2cccn2)c1. The van der Waals surface area contributed by atoms with Gasteiger partial charge < -0.3 is 9.09 Å². The van der Waals surface area contributed by atoms with Crippen molar-refractivity contribution in [3.05, 3.63) is 85.5 Å². The predicted molar refractivity (Wildman–Crippen MR) is 106 cm³/mol. The van der Waals surface area contributed by atoms with Gasteiger partial charge in [-0.1, -0.05) is 17.3 Å². The summed E-state index contributed by atoms with van der Waals surface area (Å²) in [6.07, 6.45) is 10.8. The number of imidazole rings is 1. The van der Waals surface area contributed by atoms with E-state index in [1.54, 1.807) is 24.8 Å². The van der Waals surface area contributed by atoms with Crippen LogP contribution in [0.25, 0.3) is 28.5 Å². The Hall–Kier alpha value is -4.07. The van der Waals surface area contributed by atoms with Gasteiger partial charge >= 0.3 is 0 Å². The molecule has 4 heterocycles. The molecule has 0 aliphatic heterocycles. The zero-order valence-electron chi connectivity index (χ0n) is 15.6. The number of pyridine rings is 1. The summed E-state index contributed by atoms with van der Waals surface area (Å²) in [6.45, 7) is 2.01. The normalized spacial score (nSPS) is 12.2. The summed E-state index contributed by atoms with van der Waals surface area (Å²) in [6, 6.07) is 13.5. The molecular weight excluding hydrogens is 366 g/mol. The average molecular weight is 383 g/mol. The molecule has 29 heavy (non-hydrogen) atoms. The van der Waals surface area contributed by atoms with Gasteiger partial charge in [0.25, 0.3) is 0 Å². The van der Waals surface area contributed by atoms with Crippen LogP contribution in [0.1, 0.15) is 18.9 Å². The van der Waals surface area contributed by atoms with Crippen molar-refractivity contribution in [1.82, 2.24) is 34.5 Å². The third-order valence-electron chi connectivity index (χ3n) is 4.70. The second kappa shape index (κ2) is 7.16. The molecule has 0 aliphatic rings. The molecule has 0 N–H and O–H groups in total. The van der Waals surface area contributed by atoms with E-state index >= 15 is 0 Å². The van der Waals surface area contributed by atoms with Crippen LogP contribution in [0.3, 0.4) is 0 Å². The molecule has 0 fully saturated rings. The van der Waals surface area contributed by atoms with E-state index in [0.29, 0.717) is 11.7 Å². The summed E-state index contributed by atoms with van der Waals surface area (Å²) < 4.78 is 9.37. The molecular formula is C21H17N7O. The molecule has 142 valence electrons. The molecule has 5 aromatic rings. The van der Waals surface area contributed by atoms with Gasteiger partial charge in [-0.25, -0.2) is 9.67 Å². The van der Waals surface area contributed by atoms with Gasteiger partial charge in [-0.2, -0.15) is 10.1 Å². The van der Waals surface area contributed by atoms with E-state index in [9.17, 15) is 0 Å². The van der Waals surface area contributed by atoms with Crippen molar-refractivity contribution in [1.29, 1.82) is 0 Å². The summed E-state index contributed by atoms with van der Waals surface area (Å²) in [7, 11) is 0. The van der Waals surface area contributed by atoms with E-state index in [4.69, 9.17) is 4.52 Å². The van der Waals surface area contributed by atoms with Crippen LogP contribution in [0.5, 0.6) is 0 Å². The van der Waals surface area contributed by atoms with Crippen LogP contribution in [0.2, 0.25) is 0 Å². The number of rotatable bonds is 5. The Labute approximate surface area is 166 Å². The number of benzene rings is 1. The summed E-state index contributed by atoms with van der Waals surface area (Å²) >= 11 is 0. The van der Waals surface area contributed by atoms with E-state index in [0.717, 1.165) is 22.6 Å². The number of aromatic nitrogens is 7. The lowest BCUT2D eigenvalue weighted by Crippen LogP contribution is -2.08. The van der Waals surface area contributed by atoms with E-state index in [-0.39, 0.29) is 6.04 Å². The Balaban J connectivity index is 1.48. The third-order valence-corrected chi connectivity index (χ3v) is 4.70. The molecule has 0 aliphatic carbocycles. The quantitative estimate of drug-likeness (QED) is 0.459. The van der Waals surface area contributed by atoms with Crippen molar-refractivity contribution in [2.24, 2.45) is 0 Å². The van der Waals surface area contributed by atoms with Gasteiger partial charge in [0.05, 0.1) is 5.69 Å². The maximum atomic E-state index is 5.53. The summed E-state index contributed by atoms with van der Waals surface area (Å²) in [5.74, 6) is 1.87. The molecule has 8 nitrogen and oxygen atoms in total. The minimum atomic E-state index is -0.177. The monoisotopic (exact) mass is 383 g/mol. The lowest BCUT2D eigenvalue weighted by Gasteiger charge is -2.13. The zero-order chi connectivity index (χ0) is 19.6. The molecule has 0 spiro atoms. The fourth-order valence-corrected chi connectivity index (χ4v) is 3.20. The van der Waals surface area contributed by atoms with Gasteiger partial charge in [-0.15, -0.1) is 0 Å². The van der Waals surface area contributed by atoms with Crippen molar-refractivity contribution >= 4 is 0 Å². The van der Waals surface area contributed by atoms with E-state index < -0.39 is 0 Å². The van der Waals surface area contributed by atoms with Gasteiger partial charge in [-0.05, 0) is 37.3 Å². The van der Waals surface area contributed by atoms with E-state index in [1.165, 1.54) is 0 Å². The first-order valence-corrected chi connectivity index (χ1v) is 9.17. The maximum Gasteiger partial charge on any atom is 0.249 e. The first-order valence-electron chi connectivity index (χ1n) is 9.17. The molecule has 5 rings (SSSR count). The minimum Gasteiger partial charge on any atom is -0.337 e. The summed E-state index contributed by atoms with van der Waals surface area (Å²) in [5.41, 5.74) is 2.80. The van der Waals surface area contributed by atoms with Crippen LogP contribution in [0.15, 0.2) is 84.2 Å². The second-order valence-corrected chi connectivity index (χ2v) is 6.53. The fraction of sp³-hybridized carbons (Fsp3) is 0.0952. The fourth-order valence-electron chi connectivity index (χ4n) is 3.20. The van der Waals surface area contributed by atoms with Crippen molar-refractivity contribution in [2.75, 3.05) is 0 Å². The Morgan fingerprint density at radius 2 is 1.83 bits per heavy atom. The highest BCUT2D eigenvalue weighted by atomic mass is 16.5.